The lowest BCUT2D eigenvalue weighted by Gasteiger charge is -2.10. The fourth-order valence-corrected chi connectivity index (χ4v) is 1.86. The van der Waals surface area contributed by atoms with Crippen LogP contribution in [0.4, 0.5) is 18.9 Å². The maximum Gasteiger partial charge on any atom is 0.417 e. The third-order valence-corrected chi connectivity index (χ3v) is 2.54. The fourth-order valence-electron chi connectivity index (χ4n) is 1.59. The van der Waals surface area contributed by atoms with Gasteiger partial charge >= 0.3 is 6.18 Å². The van der Waals surface area contributed by atoms with Crippen molar-refractivity contribution in [1.82, 2.24) is 0 Å². The zero-order valence-electron chi connectivity index (χ0n) is 7.82. The number of aliphatic imine (C=N–C) groups is 1. The Morgan fingerprint density at radius 1 is 1.33 bits per heavy atom. The Hall–Kier alpha value is -1.03. The summed E-state index contributed by atoms with van der Waals surface area (Å²) in [5.41, 5.74) is 1.16. The Morgan fingerprint density at radius 3 is 2.60 bits per heavy atom. The van der Waals surface area contributed by atoms with Gasteiger partial charge in [0.05, 0.1) is 16.3 Å². The van der Waals surface area contributed by atoms with Crippen LogP contribution in [0, 0.1) is 0 Å². The van der Waals surface area contributed by atoms with Gasteiger partial charge in [0, 0.05) is 12.1 Å². The predicted octanol–water partition coefficient (Wildman–Crippen LogP) is 4.01. The van der Waals surface area contributed by atoms with E-state index in [1.165, 1.54) is 6.07 Å². The molecule has 0 unspecified atom stereocenters. The topological polar surface area (TPSA) is 12.4 Å². The Bertz CT molecular complexity index is 449. The second-order valence-electron chi connectivity index (χ2n) is 3.48. The van der Waals surface area contributed by atoms with Crippen LogP contribution >= 0.6 is 11.6 Å². The highest BCUT2D eigenvalue weighted by Gasteiger charge is 2.34. The van der Waals surface area contributed by atoms with Gasteiger partial charge in [0.15, 0.2) is 0 Å². The molecule has 0 N–H and O–H groups in total. The van der Waals surface area contributed by atoms with Crippen molar-refractivity contribution in [3.8, 4) is 0 Å². The first kappa shape index (κ1) is 10.5. The van der Waals surface area contributed by atoms with Crippen LogP contribution in [0.1, 0.15) is 18.1 Å². The van der Waals surface area contributed by atoms with Crippen LogP contribution in [0.3, 0.4) is 0 Å². The molecule has 1 aliphatic rings. The number of nitrogens with zero attached hydrogens (tertiary/aromatic N) is 1. The van der Waals surface area contributed by atoms with Gasteiger partial charge in [-0.3, -0.25) is 4.99 Å². The zero-order chi connectivity index (χ0) is 11.2. The van der Waals surface area contributed by atoms with E-state index < -0.39 is 11.7 Å². The lowest BCUT2D eigenvalue weighted by atomic mass is 10.1. The van der Waals surface area contributed by atoms with Gasteiger partial charge in [-0.15, -0.1) is 0 Å². The van der Waals surface area contributed by atoms with E-state index >= 15 is 0 Å². The van der Waals surface area contributed by atoms with E-state index in [4.69, 9.17) is 11.6 Å². The van der Waals surface area contributed by atoms with E-state index in [2.05, 4.69) is 4.99 Å². The van der Waals surface area contributed by atoms with E-state index in [1.54, 1.807) is 6.92 Å². The number of hydrogen-bond donors (Lipinski definition) is 0. The van der Waals surface area contributed by atoms with E-state index in [0.29, 0.717) is 17.7 Å². The number of hydrogen-bond acceptors (Lipinski definition) is 1. The van der Waals surface area contributed by atoms with Gasteiger partial charge in [-0.25, -0.2) is 0 Å². The molecule has 0 amide bonds. The van der Waals surface area contributed by atoms with Crippen LogP contribution in [0.25, 0.3) is 0 Å². The van der Waals surface area contributed by atoms with E-state index in [9.17, 15) is 13.2 Å². The van der Waals surface area contributed by atoms with Crippen molar-refractivity contribution >= 4 is 23.0 Å². The molecule has 0 aromatic heterocycles. The van der Waals surface area contributed by atoms with Crippen molar-refractivity contribution in [3.63, 3.8) is 0 Å². The van der Waals surface area contributed by atoms with Gasteiger partial charge in [-0.05, 0) is 24.6 Å². The maximum absolute atomic E-state index is 12.5. The molecule has 1 nitrogen and oxygen atoms in total. The molecule has 15 heavy (non-hydrogen) atoms. The van der Waals surface area contributed by atoms with Gasteiger partial charge < -0.3 is 0 Å². The predicted molar refractivity (Wildman–Crippen MR) is 52.9 cm³/mol. The summed E-state index contributed by atoms with van der Waals surface area (Å²) in [6, 6.07) is 2.36. The summed E-state index contributed by atoms with van der Waals surface area (Å²) in [6.07, 6.45) is -3.93. The third-order valence-electron chi connectivity index (χ3n) is 2.23. The highest BCUT2D eigenvalue weighted by Crippen LogP contribution is 2.40. The molecule has 0 saturated carbocycles. The standard InChI is InChI=1S/C10H7ClF3N/c1-5-2-6-3-7(10(12,13)14)8(11)4-9(6)15-5/h3-4H,2H2,1H3. The molecule has 1 aromatic carbocycles. The molecule has 0 aliphatic carbocycles. The van der Waals surface area contributed by atoms with Gasteiger partial charge in [-0.1, -0.05) is 11.6 Å². The molecule has 1 aliphatic heterocycles. The third kappa shape index (κ3) is 1.86. The van der Waals surface area contributed by atoms with Crippen molar-refractivity contribution < 1.29 is 13.2 Å². The van der Waals surface area contributed by atoms with Gasteiger partial charge in [-0.2, -0.15) is 13.2 Å². The summed E-state index contributed by atoms with van der Waals surface area (Å²) in [5.74, 6) is 0. The lowest BCUT2D eigenvalue weighted by molar-refractivity contribution is -0.137. The van der Waals surface area contributed by atoms with E-state index in [1.807, 2.05) is 0 Å². The monoisotopic (exact) mass is 233 g/mol. The van der Waals surface area contributed by atoms with Crippen LogP contribution in [-0.4, -0.2) is 5.71 Å². The van der Waals surface area contributed by atoms with Gasteiger partial charge in [0.25, 0.3) is 0 Å². The van der Waals surface area contributed by atoms with Gasteiger partial charge in [0.1, 0.15) is 0 Å². The molecule has 5 heteroatoms. The molecule has 0 bridgehead atoms. The summed E-state index contributed by atoms with van der Waals surface area (Å²) in [5, 5.41) is -0.292. The van der Waals surface area contributed by atoms with Crippen molar-refractivity contribution in [2.24, 2.45) is 4.99 Å². The molecular formula is C10H7ClF3N. The molecule has 80 valence electrons. The largest absolute Gasteiger partial charge is 0.417 e. The van der Waals surface area contributed by atoms with Crippen LogP contribution in [0.15, 0.2) is 17.1 Å². The molecule has 2 rings (SSSR count). The van der Waals surface area contributed by atoms with Gasteiger partial charge in [0.2, 0.25) is 0 Å². The highest BCUT2D eigenvalue weighted by molar-refractivity contribution is 6.31. The maximum atomic E-state index is 12.5. The summed E-state index contributed by atoms with van der Waals surface area (Å²) in [6.45, 7) is 1.78. The summed E-state index contributed by atoms with van der Waals surface area (Å²) in [4.78, 5) is 4.10. The smallest absolute Gasteiger partial charge is 0.257 e. The highest BCUT2D eigenvalue weighted by atomic mass is 35.5. The number of halogens is 4. The quantitative estimate of drug-likeness (QED) is 0.642. The normalized spacial score (nSPS) is 15.1. The molecule has 0 atom stereocenters. The van der Waals surface area contributed by atoms with Crippen molar-refractivity contribution in [2.45, 2.75) is 19.5 Å². The molecule has 1 heterocycles. The fraction of sp³-hybridized carbons (Fsp3) is 0.300. The van der Waals surface area contributed by atoms with Crippen LogP contribution in [0.2, 0.25) is 5.02 Å². The number of benzene rings is 1. The Balaban J connectivity index is 2.54. The molecule has 1 aromatic rings. The number of alkyl halides is 3. The molecule has 0 fully saturated rings. The molecule has 0 saturated heterocycles. The first-order valence-corrected chi connectivity index (χ1v) is 4.69. The summed E-state index contributed by atoms with van der Waals surface area (Å²) >= 11 is 5.55. The first-order valence-electron chi connectivity index (χ1n) is 4.31. The number of fused-ring (bicyclic) bond motifs is 1. The minimum atomic E-state index is -4.40. The second kappa shape index (κ2) is 3.23. The van der Waals surface area contributed by atoms with Crippen LogP contribution in [-0.2, 0) is 12.6 Å². The van der Waals surface area contributed by atoms with Crippen LogP contribution in [0.5, 0.6) is 0 Å². The average molecular weight is 234 g/mol. The average Bonchev–Trinajstić information content (AvgIpc) is 2.40. The van der Waals surface area contributed by atoms with Crippen LogP contribution < -0.4 is 0 Å². The van der Waals surface area contributed by atoms with Crippen molar-refractivity contribution in [3.05, 3.63) is 28.3 Å². The SMILES string of the molecule is CC1=Nc2cc(Cl)c(C(F)(F)F)cc2C1. The van der Waals surface area contributed by atoms with Crippen molar-refractivity contribution in [1.29, 1.82) is 0 Å². The minimum absolute atomic E-state index is 0.292. The van der Waals surface area contributed by atoms with E-state index in [0.717, 1.165) is 11.8 Å². The summed E-state index contributed by atoms with van der Waals surface area (Å²) < 4.78 is 37.5. The Morgan fingerprint density at radius 2 is 2.00 bits per heavy atom. The van der Waals surface area contributed by atoms with E-state index in [-0.39, 0.29) is 5.02 Å². The summed E-state index contributed by atoms with van der Waals surface area (Å²) in [7, 11) is 0. The molecule has 0 radical (unpaired) electrons. The minimum Gasteiger partial charge on any atom is -0.257 e. The zero-order valence-corrected chi connectivity index (χ0v) is 8.58. The molecule has 0 spiro atoms. The molecular weight excluding hydrogens is 227 g/mol. The Labute approximate surface area is 89.6 Å². The number of rotatable bonds is 0. The van der Waals surface area contributed by atoms with Crippen molar-refractivity contribution in [2.75, 3.05) is 0 Å². The second-order valence-corrected chi connectivity index (χ2v) is 3.89. The Kier molecular flexibility index (Phi) is 2.26. The first-order chi connectivity index (χ1) is 6.88. The lowest BCUT2D eigenvalue weighted by Crippen LogP contribution is -2.06.